The lowest BCUT2D eigenvalue weighted by Crippen LogP contribution is -2.42. The molecule has 0 bridgehead atoms. The summed E-state index contributed by atoms with van der Waals surface area (Å²) in [5.74, 6) is 0.957. The van der Waals surface area contributed by atoms with E-state index in [2.05, 4.69) is 0 Å². The molecule has 5 heteroatoms. The number of halogens is 1. The molecule has 2 aromatic rings. The Labute approximate surface area is 153 Å². The fourth-order valence-electron chi connectivity index (χ4n) is 3.04. The van der Waals surface area contributed by atoms with Crippen LogP contribution in [-0.4, -0.2) is 37.6 Å². The molecule has 1 heterocycles. The molecule has 3 rings (SSSR count). The van der Waals surface area contributed by atoms with Gasteiger partial charge in [-0.05, 0) is 30.2 Å². The van der Waals surface area contributed by atoms with Gasteiger partial charge in [0, 0.05) is 23.6 Å². The standard InChI is InChI=1S/C20H22ClNO3/c1-24-16-6-4-5-15(13-16)9-10-20(23)22-11-12-25-19(14-22)17-7-2-3-8-18(17)21/h2-8,13,19H,9-12,14H2,1H3. The van der Waals surface area contributed by atoms with Crippen molar-refractivity contribution in [1.82, 2.24) is 4.90 Å². The van der Waals surface area contributed by atoms with Crippen LogP contribution in [0, 0.1) is 0 Å². The lowest BCUT2D eigenvalue weighted by Gasteiger charge is -2.33. The van der Waals surface area contributed by atoms with Crippen LogP contribution in [0.1, 0.15) is 23.7 Å². The van der Waals surface area contributed by atoms with Gasteiger partial charge in [-0.2, -0.15) is 0 Å². The number of nitrogens with zero attached hydrogens (tertiary/aromatic N) is 1. The lowest BCUT2D eigenvalue weighted by atomic mass is 10.1. The third kappa shape index (κ3) is 4.53. The van der Waals surface area contributed by atoms with Gasteiger partial charge in [-0.25, -0.2) is 0 Å². The largest absolute Gasteiger partial charge is 0.497 e. The topological polar surface area (TPSA) is 38.8 Å². The summed E-state index contributed by atoms with van der Waals surface area (Å²) in [5.41, 5.74) is 2.04. The molecule has 1 saturated heterocycles. The van der Waals surface area contributed by atoms with Crippen molar-refractivity contribution in [2.45, 2.75) is 18.9 Å². The number of benzene rings is 2. The van der Waals surface area contributed by atoms with Gasteiger partial charge >= 0.3 is 0 Å². The zero-order valence-electron chi connectivity index (χ0n) is 14.3. The van der Waals surface area contributed by atoms with Crippen LogP contribution in [0.4, 0.5) is 0 Å². The SMILES string of the molecule is COc1cccc(CCC(=O)N2CCOC(c3ccccc3Cl)C2)c1. The molecule has 2 aromatic carbocycles. The zero-order valence-corrected chi connectivity index (χ0v) is 15.0. The molecule has 1 aliphatic heterocycles. The number of ether oxygens (including phenoxy) is 2. The normalized spacial score (nSPS) is 17.4. The molecule has 1 atom stereocenters. The average Bonchev–Trinajstić information content (AvgIpc) is 2.66. The van der Waals surface area contributed by atoms with E-state index in [9.17, 15) is 4.79 Å². The predicted octanol–water partition coefficient (Wildman–Crippen LogP) is 3.88. The van der Waals surface area contributed by atoms with Gasteiger partial charge in [-0.3, -0.25) is 4.79 Å². The fourth-order valence-corrected chi connectivity index (χ4v) is 3.29. The van der Waals surface area contributed by atoms with Crippen LogP contribution in [-0.2, 0) is 16.0 Å². The highest BCUT2D eigenvalue weighted by atomic mass is 35.5. The number of carbonyl (C=O) groups excluding carboxylic acids is 1. The van der Waals surface area contributed by atoms with Gasteiger partial charge in [-0.15, -0.1) is 0 Å². The summed E-state index contributed by atoms with van der Waals surface area (Å²) < 4.78 is 11.1. The second-order valence-electron chi connectivity index (χ2n) is 6.07. The van der Waals surface area contributed by atoms with E-state index in [-0.39, 0.29) is 12.0 Å². The molecule has 0 N–H and O–H groups in total. The Kier molecular flexibility index (Phi) is 5.95. The van der Waals surface area contributed by atoms with Crippen molar-refractivity contribution in [3.05, 3.63) is 64.7 Å². The second kappa shape index (κ2) is 8.37. The molecule has 1 fully saturated rings. The molecule has 4 nitrogen and oxygen atoms in total. The van der Waals surface area contributed by atoms with E-state index in [0.29, 0.717) is 37.6 Å². The minimum Gasteiger partial charge on any atom is -0.497 e. The number of carbonyl (C=O) groups is 1. The number of hydrogen-bond acceptors (Lipinski definition) is 3. The number of methoxy groups -OCH3 is 1. The van der Waals surface area contributed by atoms with Crippen LogP contribution >= 0.6 is 11.6 Å². The summed E-state index contributed by atoms with van der Waals surface area (Å²) in [6.45, 7) is 1.69. The maximum Gasteiger partial charge on any atom is 0.223 e. The monoisotopic (exact) mass is 359 g/mol. The Hall–Kier alpha value is -2.04. The summed E-state index contributed by atoms with van der Waals surface area (Å²) in [4.78, 5) is 14.5. The Bertz CT molecular complexity index is 734. The van der Waals surface area contributed by atoms with Crippen molar-refractivity contribution in [3.8, 4) is 5.75 Å². The first-order chi connectivity index (χ1) is 12.2. The molecule has 0 spiro atoms. The minimum absolute atomic E-state index is 0.142. The highest BCUT2D eigenvalue weighted by Gasteiger charge is 2.26. The quantitative estimate of drug-likeness (QED) is 0.813. The molecule has 0 aromatic heterocycles. The van der Waals surface area contributed by atoms with Gasteiger partial charge in [0.05, 0.1) is 20.3 Å². The summed E-state index contributed by atoms with van der Waals surface area (Å²) in [6, 6.07) is 15.5. The third-order valence-electron chi connectivity index (χ3n) is 4.43. The van der Waals surface area contributed by atoms with Gasteiger partial charge in [0.15, 0.2) is 0 Å². The molecule has 132 valence electrons. The van der Waals surface area contributed by atoms with E-state index in [1.807, 2.05) is 53.4 Å². The highest BCUT2D eigenvalue weighted by molar-refractivity contribution is 6.31. The van der Waals surface area contributed by atoms with Crippen LogP contribution in [0.25, 0.3) is 0 Å². The Morgan fingerprint density at radius 1 is 1.28 bits per heavy atom. The van der Waals surface area contributed by atoms with E-state index < -0.39 is 0 Å². The van der Waals surface area contributed by atoms with E-state index in [4.69, 9.17) is 21.1 Å². The van der Waals surface area contributed by atoms with Crippen LogP contribution in [0.3, 0.4) is 0 Å². The Morgan fingerprint density at radius 2 is 2.12 bits per heavy atom. The fraction of sp³-hybridized carbons (Fsp3) is 0.350. The van der Waals surface area contributed by atoms with Crippen molar-refractivity contribution in [2.24, 2.45) is 0 Å². The minimum atomic E-state index is -0.164. The zero-order chi connectivity index (χ0) is 17.6. The maximum atomic E-state index is 12.6. The molecule has 1 aliphatic rings. The van der Waals surface area contributed by atoms with Crippen molar-refractivity contribution in [2.75, 3.05) is 26.8 Å². The van der Waals surface area contributed by atoms with E-state index in [0.717, 1.165) is 16.9 Å². The molecular weight excluding hydrogens is 338 g/mol. The Morgan fingerprint density at radius 3 is 2.92 bits per heavy atom. The summed E-state index contributed by atoms with van der Waals surface area (Å²) in [7, 11) is 1.65. The summed E-state index contributed by atoms with van der Waals surface area (Å²) in [6.07, 6.45) is 1.01. The number of morpholine rings is 1. The summed E-state index contributed by atoms with van der Waals surface area (Å²) >= 11 is 6.26. The lowest BCUT2D eigenvalue weighted by molar-refractivity contribution is -0.139. The van der Waals surface area contributed by atoms with E-state index >= 15 is 0 Å². The van der Waals surface area contributed by atoms with Crippen molar-refractivity contribution >= 4 is 17.5 Å². The second-order valence-corrected chi connectivity index (χ2v) is 6.48. The first-order valence-corrected chi connectivity index (χ1v) is 8.82. The van der Waals surface area contributed by atoms with E-state index in [1.54, 1.807) is 7.11 Å². The smallest absolute Gasteiger partial charge is 0.223 e. The number of aryl methyl sites for hydroxylation is 1. The summed E-state index contributed by atoms with van der Waals surface area (Å²) in [5, 5.41) is 0.679. The van der Waals surface area contributed by atoms with Crippen molar-refractivity contribution in [3.63, 3.8) is 0 Å². The molecule has 0 saturated carbocycles. The molecule has 1 unspecified atom stereocenters. The van der Waals surface area contributed by atoms with Crippen LogP contribution < -0.4 is 4.74 Å². The van der Waals surface area contributed by atoms with Crippen molar-refractivity contribution < 1.29 is 14.3 Å². The maximum absolute atomic E-state index is 12.6. The third-order valence-corrected chi connectivity index (χ3v) is 4.78. The van der Waals surface area contributed by atoms with Gasteiger partial charge < -0.3 is 14.4 Å². The predicted molar refractivity (Wildman–Crippen MR) is 98.0 cm³/mol. The van der Waals surface area contributed by atoms with E-state index in [1.165, 1.54) is 0 Å². The molecule has 25 heavy (non-hydrogen) atoms. The molecule has 0 aliphatic carbocycles. The van der Waals surface area contributed by atoms with Gasteiger partial charge in [-0.1, -0.05) is 41.9 Å². The average molecular weight is 360 g/mol. The van der Waals surface area contributed by atoms with Crippen LogP contribution in [0.2, 0.25) is 5.02 Å². The highest BCUT2D eigenvalue weighted by Crippen LogP contribution is 2.28. The van der Waals surface area contributed by atoms with Gasteiger partial charge in [0.2, 0.25) is 5.91 Å². The molecular formula is C20H22ClNO3. The number of amides is 1. The number of rotatable bonds is 5. The van der Waals surface area contributed by atoms with Gasteiger partial charge in [0.1, 0.15) is 11.9 Å². The first kappa shape index (κ1) is 17.8. The first-order valence-electron chi connectivity index (χ1n) is 8.44. The molecule has 0 radical (unpaired) electrons. The van der Waals surface area contributed by atoms with Gasteiger partial charge in [0.25, 0.3) is 0 Å². The Balaban J connectivity index is 1.59. The number of hydrogen-bond donors (Lipinski definition) is 0. The molecule has 1 amide bonds. The van der Waals surface area contributed by atoms with Crippen molar-refractivity contribution in [1.29, 1.82) is 0 Å². The van der Waals surface area contributed by atoms with Crippen LogP contribution in [0.5, 0.6) is 5.75 Å². The van der Waals surface area contributed by atoms with Crippen LogP contribution in [0.15, 0.2) is 48.5 Å².